The highest BCUT2D eigenvalue weighted by atomic mass is 16.6. The van der Waals surface area contributed by atoms with Crippen LogP contribution < -0.4 is 0 Å². The number of oxime groups is 1. The highest BCUT2D eigenvalue weighted by Crippen LogP contribution is 2.23. The van der Waals surface area contributed by atoms with Gasteiger partial charge in [0, 0.05) is 25.6 Å². The van der Waals surface area contributed by atoms with Gasteiger partial charge in [0.25, 0.3) is 5.91 Å². The zero-order valence-corrected chi connectivity index (χ0v) is 15.1. The molecule has 2 aliphatic rings. The van der Waals surface area contributed by atoms with E-state index in [1.165, 1.54) is 29.7 Å². The Morgan fingerprint density at radius 3 is 2.92 bits per heavy atom. The van der Waals surface area contributed by atoms with Crippen LogP contribution in [0.1, 0.15) is 41.8 Å². The number of benzene rings is 1. The topological polar surface area (TPSA) is 70.6 Å². The molecule has 6 heteroatoms. The highest BCUT2D eigenvalue weighted by molar-refractivity contribution is 5.93. The standard InChI is InChI=1S/C20H24N4O2/c1-24(13-18-16-9-5-6-10-17(16)21-22-18)20(25)19-12-15(23-26-19)11-14-7-3-2-4-8-14/h2-4,7-8,19H,5-6,9-13H2,1H3,(H,21,22)/t19-/m0/s1. The largest absolute Gasteiger partial charge is 0.382 e. The molecule has 0 spiro atoms. The number of nitrogens with zero attached hydrogens (tertiary/aromatic N) is 3. The molecular weight excluding hydrogens is 328 g/mol. The summed E-state index contributed by atoms with van der Waals surface area (Å²) in [5.74, 6) is -0.0376. The highest BCUT2D eigenvalue weighted by Gasteiger charge is 2.31. The van der Waals surface area contributed by atoms with Crippen LogP contribution in [-0.2, 0) is 35.4 Å². The molecule has 0 bridgehead atoms. The molecule has 0 fully saturated rings. The van der Waals surface area contributed by atoms with Crippen LogP contribution in [0, 0.1) is 0 Å². The first-order chi connectivity index (χ1) is 12.7. The van der Waals surface area contributed by atoms with E-state index in [0.717, 1.165) is 30.7 Å². The Kier molecular flexibility index (Phi) is 4.73. The van der Waals surface area contributed by atoms with E-state index in [1.54, 1.807) is 4.90 Å². The normalized spacial score (nSPS) is 18.8. The average molecular weight is 352 g/mol. The first-order valence-corrected chi connectivity index (χ1v) is 9.26. The molecule has 4 rings (SSSR count). The third-order valence-electron chi connectivity index (χ3n) is 5.16. The molecule has 0 saturated carbocycles. The van der Waals surface area contributed by atoms with Crippen molar-refractivity contribution in [3.63, 3.8) is 0 Å². The molecule has 1 aromatic heterocycles. The van der Waals surface area contributed by atoms with Crippen molar-refractivity contribution in [2.24, 2.45) is 5.16 Å². The molecule has 1 amide bonds. The number of nitrogens with one attached hydrogen (secondary N) is 1. The van der Waals surface area contributed by atoms with Gasteiger partial charge in [0.2, 0.25) is 6.10 Å². The Balaban J connectivity index is 1.34. The van der Waals surface area contributed by atoms with Gasteiger partial charge in [0.05, 0.1) is 18.0 Å². The van der Waals surface area contributed by atoms with Crippen molar-refractivity contribution in [2.75, 3.05) is 7.05 Å². The van der Waals surface area contributed by atoms with E-state index < -0.39 is 6.10 Å². The molecule has 6 nitrogen and oxygen atoms in total. The van der Waals surface area contributed by atoms with Crippen LogP contribution in [-0.4, -0.2) is 39.9 Å². The summed E-state index contributed by atoms with van der Waals surface area (Å²) >= 11 is 0. The molecule has 1 aromatic carbocycles. The van der Waals surface area contributed by atoms with Crippen molar-refractivity contribution in [1.82, 2.24) is 15.1 Å². The predicted molar refractivity (Wildman–Crippen MR) is 98.8 cm³/mol. The van der Waals surface area contributed by atoms with Crippen molar-refractivity contribution >= 4 is 11.6 Å². The number of H-pyrrole nitrogens is 1. The second-order valence-corrected chi connectivity index (χ2v) is 7.15. The molecule has 2 heterocycles. The van der Waals surface area contributed by atoms with Gasteiger partial charge in [-0.1, -0.05) is 35.5 Å². The number of aryl methyl sites for hydroxylation is 1. The van der Waals surface area contributed by atoms with Crippen LogP contribution in [0.25, 0.3) is 0 Å². The summed E-state index contributed by atoms with van der Waals surface area (Å²) in [5, 5.41) is 11.7. The molecular formula is C20H24N4O2. The first kappa shape index (κ1) is 16.8. The quantitative estimate of drug-likeness (QED) is 0.899. The summed E-state index contributed by atoms with van der Waals surface area (Å²) in [7, 11) is 1.81. The molecule has 0 saturated heterocycles. The number of carbonyl (C=O) groups is 1. The third-order valence-corrected chi connectivity index (χ3v) is 5.16. The van der Waals surface area contributed by atoms with Gasteiger partial charge in [-0.05, 0) is 36.8 Å². The van der Waals surface area contributed by atoms with Crippen molar-refractivity contribution in [3.8, 4) is 0 Å². The molecule has 0 unspecified atom stereocenters. The van der Waals surface area contributed by atoms with Crippen molar-refractivity contribution in [1.29, 1.82) is 0 Å². The van der Waals surface area contributed by atoms with Crippen molar-refractivity contribution < 1.29 is 9.63 Å². The fourth-order valence-electron chi connectivity index (χ4n) is 3.72. The molecule has 1 aliphatic heterocycles. The maximum atomic E-state index is 12.7. The van der Waals surface area contributed by atoms with E-state index in [0.29, 0.717) is 13.0 Å². The Morgan fingerprint density at radius 1 is 1.27 bits per heavy atom. The minimum absolute atomic E-state index is 0.0376. The molecule has 2 aromatic rings. The SMILES string of the molecule is CN(Cc1n[nH]c2c1CCCC2)C(=O)[C@@H]1CC(Cc2ccccc2)=NO1. The number of rotatable bonds is 5. The lowest BCUT2D eigenvalue weighted by molar-refractivity contribution is -0.141. The lowest BCUT2D eigenvalue weighted by Gasteiger charge is -2.20. The van der Waals surface area contributed by atoms with Crippen LogP contribution in [0.15, 0.2) is 35.5 Å². The van der Waals surface area contributed by atoms with E-state index in [4.69, 9.17) is 4.84 Å². The zero-order chi connectivity index (χ0) is 17.9. The van der Waals surface area contributed by atoms with E-state index in [2.05, 4.69) is 27.5 Å². The fraction of sp³-hybridized carbons (Fsp3) is 0.450. The summed E-state index contributed by atoms with van der Waals surface area (Å²) in [6.45, 7) is 0.512. The minimum atomic E-state index is -0.520. The molecule has 1 N–H and O–H groups in total. The Bertz CT molecular complexity index is 812. The van der Waals surface area contributed by atoms with E-state index >= 15 is 0 Å². The Labute approximate surface area is 153 Å². The second-order valence-electron chi connectivity index (χ2n) is 7.15. The van der Waals surface area contributed by atoms with Gasteiger partial charge in [0.15, 0.2) is 0 Å². The third kappa shape index (κ3) is 3.49. The summed E-state index contributed by atoms with van der Waals surface area (Å²) < 4.78 is 0. The van der Waals surface area contributed by atoms with Gasteiger partial charge in [0.1, 0.15) is 0 Å². The van der Waals surface area contributed by atoms with Crippen LogP contribution in [0.3, 0.4) is 0 Å². The number of hydrogen-bond donors (Lipinski definition) is 1. The number of aromatic nitrogens is 2. The van der Waals surface area contributed by atoms with Gasteiger partial charge in [-0.25, -0.2) is 0 Å². The van der Waals surface area contributed by atoms with Gasteiger partial charge in [-0.2, -0.15) is 5.10 Å². The summed E-state index contributed by atoms with van der Waals surface area (Å²) in [5.41, 5.74) is 5.61. The number of hydrogen-bond acceptors (Lipinski definition) is 4. The lowest BCUT2D eigenvalue weighted by atomic mass is 9.96. The fourth-order valence-corrected chi connectivity index (χ4v) is 3.72. The van der Waals surface area contributed by atoms with E-state index in [1.807, 2.05) is 25.2 Å². The number of carbonyl (C=O) groups excluding carboxylic acids is 1. The molecule has 136 valence electrons. The van der Waals surface area contributed by atoms with Crippen LogP contribution in [0.2, 0.25) is 0 Å². The van der Waals surface area contributed by atoms with E-state index in [-0.39, 0.29) is 5.91 Å². The van der Waals surface area contributed by atoms with Crippen LogP contribution in [0.4, 0.5) is 0 Å². The van der Waals surface area contributed by atoms with Crippen LogP contribution >= 0.6 is 0 Å². The number of likely N-dealkylation sites (N-methyl/N-ethyl adjacent to an activating group) is 1. The molecule has 1 atom stereocenters. The van der Waals surface area contributed by atoms with Crippen molar-refractivity contribution in [3.05, 3.63) is 52.8 Å². The zero-order valence-electron chi connectivity index (χ0n) is 15.1. The number of aromatic amines is 1. The predicted octanol–water partition coefficient (Wildman–Crippen LogP) is 2.63. The maximum absolute atomic E-state index is 12.7. The minimum Gasteiger partial charge on any atom is -0.382 e. The monoisotopic (exact) mass is 352 g/mol. The Morgan fingerprint density at radius 2 is 2.08 bits per heavy atom. The number of amides is 1. The van der Waals surface area contributed by atoms with Crippen LogP contribution in [0.5, 0.6) is 0 Å². The Hall–Kier alpha value is -2.63. The summed E-state index contributed by atoms with van der Waals surface area (Å²) in [4.78, 5) is 19.9. The summed E-state index contributed by atoms with van der Waals surface area (Å²) in [6, 6.07) is 10.1. The number of fused-ring (bicyclic) bond motifs is 1. The average Bonchev–Trinajstić information content (AvgIpc) is 3.29. The molecule has 1 aliphatic carbocycles. The molecule has 0 radical (unpaired) electrons. The second kappa shape index (κ2) is 7.32. The lowest BCUT2D eigenvalue weighted by Crippen LogP contribution is -2.36. The van der Waals surface area contributed by atoms with E-state index in [9.17, 15) is 4.79 Å². The smallest absolute Gasteiger partial charge is 0.266 e. The van der Waals surface area contributed by atoms with Gasteiger partial charge in [-0.3, -0.25) is 9.89 Å². The van der Waals surface area contributed by atoms with Crippen molar-refractivity contribution in [2.45, 2.75) is 51.2 Å². The van der Waals surface area contributed by atoms with Gasteiger partial charge in [-0.15, -0.1) is 0 Å². The van der Waals surface area contributed by atoms with Gasteiger partial charge >= 0.3 is 0 Å². The summed E-state index contributed by atoms with van der Waals surface area (Å²) in [6.07, 6.45) is 5.27. The van der Waals surface area contributed by atoms with Gasteiger partial charge < -0.3 is 9.74 Å². The molecule has 26 heavy (non-hydrogen) atoms. The first-order valence-electron chi connectivity index (χ1n) is 9.26. The maximum Gasteiger partial charge on any atom is 0.266 e.